The molecule has 4 aromatic carbocycles. The Labute approximate surface area is 298 Å². The molecule has 0 unspecified atom stereocenters. The number of carbonyl (C=O) groups is 3. The second-order valence-corrected chi connectivity index (χ2v) is 13.7. The van der Waals surface area contributed by atoms with Crippen LogP contribution in [0.2, 0.25) is 0 Å². The highest BCUT2D eigenvalue weighted by molar-refractivity contribution is 7.85. The van der Waals surface area contributed by atoms with Gasteiger partial charge in [0.1, 0.15) is 0 Å². The molecule has 0 spiro atoms. The van der Waals surface area contributed by atoms with Gasteiger partial charge in [-0.15, -0.1) is 0 Å². The predicted octanol–water partition coefficient (Wildman–Crippen LogP) is 4.86. The van der Waals surface area contributed by atoms with Crippen molar-refractivity contribution in [1.82, 2.24) is 9.80 Å². The molecular weight excluding hydrogens is 671 g/mol. The molecule has 13 heteroatoms. The van der Waals surface area contributed by atoms with Gasteiger partial charge in [-0.1, -0.05) is 54.1 Å². The summed E-state index contributed by atoms with van der Waals surface area (Å²) in [6, 6.07) is 28.2. The maximum atomic E-state index is 13.2. The zero-order chi connectivity index (χ0) is 36.7. The van der Waals surface area contributed by atoms with Gasteiger partial charge in [-0.05, 0) is 68.1 Å². The summed E-state index contributed by atoms with van der Waals surface area (Å²) in [5.41, 5.74) is 6.05. The van der Waals surface area contributed by atoms with E-state index in [0.717, 1.165) is 48.7 Å². The van der Waals surface area contributed by atoms with Gasteiger partial charge in [0.25, 0.3) is 16.0 Å². The van der Waals surface area contributed by atoms with Crippen LogP contribution < -0.4 is 15.5 Å². The first-order valence-corrected chi connectivity index (χ1v) is 17.7. The number of likely N-dealkylation sites (N-methyl/N-ethyl adjacent to an activating group) is 2. The largest absolute Gasteiger partial charge is 0.465 e. The van der Waals surface area contributed by atoms with E-state index in [1.807, 2.05) is 61.5 Å². The van der Waals surface area contributed by atoms with Crippen molar-refractivity contribution in [3.05, 3.63) is 119 Å². The number of piperazine rings is 1. The van der Waals surface area contributed by atoms with Crippen molar-refractivity contribution < 1.29 is 32.1 Å². The minimum atomic E-state index is -4.02. The third kappa shape index (κ3) is 9.27. The molecule has 4 aromatic rings. The number of esters is 1. The number of ether oxygens (including phenoxy) is 1. The molecule has 1 fully saturated rings. The molecule has 0 atom stereocenters. The SMILES string of the molecule is COC(=O)c1ccc2c(c1)NC(=O)/C2=C(\Nc1ccc(N(C)C(=O)CN2CCN(C)CC2)cc1)c1ccccc1.Cc1ccc(S(=O)(=O)O)cc1. The number of hydrogen-bond donors (Lipinski definition) is 3. The maximum absolute atomic E-state index is 13.2. The summed E-state index contributed by atoms with van der Waals surface area (Å²) < 4.78 is 34.4. The standard InChI is InChI=1S/C31H33N5O4.C7H8O3S/c1-34-15-17-36(18-16-34)20-27(37)35(2)24-12-10-23(11-13-24)32-29(21-7-5-4-6-8-21)28-25-14-9-22(31(39)40-3)19-26(25)33-30(28)38;1-6-2-4-7(5-3-6)11(8,9)10/h4-14,19,32H,15-18,20H2,1-3H3,(H,33,38);2-5H,1H3,(H,8,9,10)/b29-28-;. The minimum absolute atomic E-state index is 0.0444. The van der Waals surface area contributed by atoms with Crippen molar-refractivity contribution in [1.29, 1.82) is 0 Å². The van der Waals surface area contributed by atoms with Crippen LogP contribution in [-0.4, -0.2) is 94.5 Å². The average Bonchev–Trinajstić information content (AvgIpc) is 3.46. The van der Waals surface area contributed by atoms with Crippen LogP contribution in [0.25, 0.3) is 11.3 Å². The molecule has 0 aromatic heterocycles. The van der Waals surface area contributed by atoms with E-state index in [2.05, 4.69) is 27.5 Å². The van der Waals surface area contributed by atoms with E-state index < -0.39 is 16.1 Å². The van der Waals surface area contributed by atoms with Crippen LogP contribution >= 0.6 is 0 Å². The van der Waals surface area contributed by atoms with Gasteiger partial charge in [0, 0.05) is 50.2 Å². The summed E-state index contributed by atoms with van der Waals surface area (Å²) >= 11 is 0. The van der Waals surface area contributed by atoms with Crippen molar-refractivity contribution in [2.24, 2.45) is 0 Å². The van der Waals surface area contributed by atoms with Crippen molar-refractivity contribution in [3.8, 4) is 0 Å². The highest BCUT2D eigenvalue weighted by Crippen LogP contribution is 2.38. The summed E-state index contributed by atoms with van der Waals surface area (Å²) in [7, 11) is 1.19. The summed E-state index contributed by atoms with van der Waals surface area (Å²) in [4.78, 5) is 44.2. The molecule has 0 saturated carbocycles. The number of aryl methyl sites for hydroxylation is 1. The minimum Gasteiger partial charge on any atom is -0.465 e. The Morgan fingerprint density at radius 3 is 2.16 bits per heavy atom. The zero-order valence-corrected chi connectivity index (χ0v) is 29.7. The molecule has 2 aliphatic rings. The van der Waals surface area contributed by atoms with E-state index >= 15 is 0 Å². The number of amides is 2. The summed E-state index contributed by atoms with van der Waals surface area (Å²) in [6.45, 7) is 5.93. The summed E-state index contributed by atoms with van der Waals surface area (Å²) in [6.07, 6.45) is 0. The molecular formula is C38H41N5O7S. The average molecular weight is 712 g/mol. The number of nitrogens with zero attached hydrogens (tertiary/aromatic N) is 3. The maximum Gasteiger partial charge on any atom is 0.337 e. The van der Waals surface area contributed by atoms with Gasteiger partial charge >= 0.3 is 5.97 Å². The van der Waals surface area contributed by atoms with Crippen LogP contribution in [0, 0.1) is 6.92 Å². The fraction of sp³-hybridized carbons (Fsp3) is 0.237. The zero-order valence-electron chi connectivity index (χ0n) is 28.9. The fourth-order valence-electron chi connectivity index (χ4n) is 5.62. The number of hydrogen-bond acceptors (Lipinski definition) is 9. The lowest BCUT2D eigenvalue weighted by atomic mass is 9.99. The van der Waals surface area contributed by atoms with Crippen LogP contribution in [0.3, 0.4) is 0 Å². The molecule has 2 amide bonds. The second-order valence-electron chi connectivity index (χ2n) is 12.3. The third-order valence-corrected chi connectivity index (χ3v) is 9.54. The number of rotatable bonds is 8. The second kappa shape index (κ2) is 16.1. The van der Waals surface area contributed by atoms with Crippen LogP contribution in [0.4, 0.5) is 17.1 Å². The van der Waals surface area contributed by atoms with Gasteiger partial charge in [0.15, 0.2) is 0 Å². The third-order valence-electron chi connectivity index (χ3n) is 8.67. The van der Waals surface area contributed by atoms with E-state index in [9.17, 15) is 22.8 Å². The highest BCUT2D eigenvalue weighted by Gasteiger charge is 2.29. The molecule has 6 rings (SSSR count). The highest BCUT2D eigenvalue weighted by atomic mass is 32.2. The molecule has 12 nitrogen and oxygen atoms in total. The van der Waals surface area contributed by atoms with Crippen LogP contribution in [0.1, 0.15) is 27.0 Å². The molecule has 3 N–H and O–H groups in total. The molecule has 266 valence electrons. The number of fused-ring (bicyclic) bond motifs is 1. The Hall–Kier alpha value is -5.34. The fourth-order valence-corrected chi connectivity index (χ4v) is 6.10. The lowest BCUT2D eigenvalue weighted by molar-refractivity contribution is -0.119. The number of anilines is 3. The Morgan fingerprint density at radius 2 is 1.55 bits per heavy atom. The predicted molar refractivity (Wildman–Crippen MR) is 198 cm³/mol. The molecule has 2 heterocycles. The van der Waals surface area contributed by atoms with E-state index in [1.165, 1.54) is 19.2 Å². The van der Waals surface area contributed by atoms with Gasteiger partial charge in [-0.25, -0.2) is 4.79 Å². The lowest BCUT2D eigenvalue weighted by Gasteiger charge is -2.32. The van der Waals surface area contributed by atoms with Crippen LogP contribution in [-0.2, 0) is 24.4 Å². The van der Waals surface area contributed by atoms with Crippen LogP contribution in [0.15, 0.2) is 102 Å². The number of nitrogens with one attached hydrogen (secondary N) is 2. The van der Waals surface area contributed by atoms with Crippen molar-refractivity contribution in [2.45, 2.75) is 11.8 Å². The first-order chi connectivity index (χ1) is 24.3. The Kier molecular flexibility index (Phi) is 11.7. The lowest BCUT2D eigenvalue weighted by Crippen LogP contribution is -2.48. The number of carbonyl (C=O) groups excluding carboxylic acids is 3. The monoisotopic (exact) mass is 711 g/mol. The van der Waals surface area contributed by atoms with Crippen molar-refractivity contribution >= 4 is 56.2 Å². The normalized spacial score (nSPS) is 15.5. The van der Waals surface area contributed by atoms with Gasteiger partial charge in [-0.3, -0.25) is 19.0 Å². The molecule has 51 heavy (non-hydrogen) atoms. The quantitative estimate of drug-likeness (QED) is 0.132. The van der Waals surface area contributed by atoms with E-state index in [0.29, 0.717) is 34.6 Å². The van der Waals surface area contributed by atoms with Gasteiger partial charge in [-0.2, -0.15) is 8.42 Å². The van der Waals surface area contributed by atoms with E-state index in [1.54, 1.807) is 42.3 Å². The van der Waals surface area contributed by atoms with Gasteiger partial charge in [0.2, 0.25) is 5.91 Å². The first-order valence-electron chi connectivity index (χ1n) is 16.3. The molecule has 0 bridgehead atoms. The molecule has 1 saturated heterocycles. The topological polar surface area (TPSA) is 149 Å². The van der Waals surface area contributed by atoms with Crippen molar-refractivity contribution in [2.75, 3.05) is 69.5 Å². The summed E-state index contributed by atoms with van der Waals surface area (Å²) in [5.74, 6) is -0.694. The Bertz CT molecular complexity index is 2030. The Balaban J connectivity index is 0.000000392. The number of methoxy groups -OCH3 is 1. The van der Waals surface area contributed by atoms with Crippen LogP contribution in [0.5, 0.6) is 0 Å². The van der Waals surface area contributed by atoms with Gasteiger partial charge < -0.3 is 25.2 Å². The van der Waals surface area contributed by atoms with Crippen molar-refractivity contribution in [3.63, 3.8) is 0 Å². The molecule has 0 radical (unpaired) electrons. The molecule has 0 aliphatic carbocycles. The summed E-state index contributed by atoms with van der Waals surface area (Å²) in [5, 5.41) is 6.31. The number of benzene rings is 4. The first kappa shape index (κ1) is 36.9. The smallest absolute Gasteiger partial charge is 0.337 e. The van der Waals surface area contributed by atoms with E-state index in [4.69, 9.17) is 9.29 Å². The molecule has 2 aliphatic heterocycles. The van der Waals surface area contributed by atoms with E-state index in [-0.39, 0.29) is 16.7 Å². The Morgan fingerprint density at radius 1 is 0.902 bits per heavy atom. The van der Waals surface area contributed by atoms with Gasteiger partial charge in [0.05, 0.1) is 41.1 Å².